The van der Waals surface area contributed by atoms with Crippen LogP contribution in [0.1, 0.15) is 26.7 Å². The lowest BCUT2D eigenvalue weighted by Gasteiger charge is -1.92. The van der Waals surface area contributed by atoms with Crippen LogP contribution in [-0.2, 0) is 4.84 Å². The molecule has 0 N–H and O–H groups in total. The molecule has 0 bridgehead atoms. The summed E-state index contributed by atoms with van der Waals surface area (Å²) < 4.78 is 0. The lowest BCUT2D eigenvalue weighted by atomic mass is 10.2. The third-order valence-electron chi connectivity index (χ3n) is 0.859. The molecule has 48 valence electrons. The van der Waals surface area contributed by atoms with Gasteiger partial charge in [-0.05, 0) is 13.3 Å². The van der Waals surface area contributed by atoms with Crippen LogP contribution in [0.4, 0.5) is 0 Å². The van der Waals surface area contributed by atoms with E-state index in [0.29, 0.717) is 0 Å². The van der Waals surface area contributed by atoms with Crippen molar-refractivity contribution in [1.29, 1.82) is 0 Å². The Balaban J connectivity index is 3.29. The standard InChI is InChI=1S/C6H13NO/c1-4-5-6(2)7-8-3/h4-5H2,1-3H3/b7-6+. The van der Waals surface area contributed by atoms with Crippen LogP contribution in [0.25, 0.3) is 0 Å². The summed E-state index contributed by atoms with van der Waals surface area (Å²) in [6.45, 7) is 4.08. The average molecular weight is 115 g/mol. The molecule has 0 aliphatic carbocycles. The quantitative estimate of drug-likeness (QED) is 0.406. The van der Waals surface area contributed by atoms with Crippen molar-refractivity contribution in [3.63, 3.8) is 0 Å². The first kappa shape index (κ1) is 7.47. The second-order valence-corrected chi connectivity index (χ2v) is 1.76. The van der Waals surface area contributed by atoms with Gasteiger partial charge in [0.2, 0.25) is 0 Å². The molecule has 0 saturated heterocycles. The molecule has 0 spiro atoms. The lowest BCUT2D eigenvalue weighted by molar-refractivity contribution is 0.212. The first-order chi connectivity index (χ1) is 3.81. The summed E-state index contributed by atoms with van der Waals surface area (Å²) in [5.74, 6) is 0. The maximum Gasteiger partial charge on any atom is 0.106 e. The lowest BCUT2D eigenvalue weighted by Crippen LogP contribution is -1.89. The molecule has 2 nitrogen and oxygen atoms in total. The van der Waals surface area contributed by atoms with Crippen LogP contribution in [0.5, 0.6) is 0 Å². The minimum Gasteiger partial charge on any atom is -0.399 e. The van der Waals surface area contributed by atoms with Crippen LogP contribution in [0, 0.1) is 0 Å². The Morgan fingerprint density at radius 2 is 2.25 bits per heavy atom. The maximum absolute atomic E-state index is 4.54. The molecular formula is C6H13NO. The van der Waals surface area contributed by atoms with E-state index in [1.165, 1.54) is 0 Å². The van der Waals surface area contributed by atoms with E-state index in [0.717, 1.165) is 18.6 Å². The Hall–Kier alpha value is -0.530. The van der Waals surface area contributed by atoms with E-state index in [9.17, 15) is 0 Å². The predicted molar refractivity (Wildman–Crippen MR) is 35.0 cm³/mol. The van der Waals surface area contributed by atoms with Crippen molar-refractivity contribution in [2.75, 3.05) is 7.11 Å². The Bertz CT molecular complexity index is 78.6. The molecule has 0 aromatic heterocycles. The van der Waals surface area contributed by atoms with Gasteiger partial charge in [0.25, 0.3) is 0 Å². The molecule has 0 unspecified atom stereocenters. The molecule has 0 aromatic carbocycles. The Labute approximate surface area is 50.5 Å². The van der Waals surface area contributed by atoms with Crippen LogP contribution in [0.15, 0.2) is 5.16 Å². The van der Waals surface area contributed by atoms with E-state index in [1.807, 2.05) is 6.92 Å². The molecule has 0 aliphatic rings. The molecule has 0 aliphatic heterocycles. The second-order valence-electron chi connectivity index (χ2n) is 1.76. The van der Waals surface area contributed by atoms with Crippen LogP contribution >= 0.6 is 0 Å². The monoisotopic (exact) mass is 115 g/mol. The van der Waals surface area contributed by atoms with Gasteiger partial charge in [0.1, 0.15) is 7.11 Å². The summed E-state index contributed by atoms with van der Waals surface area (Å²) in [5, 5.41) is 3.73. The van der Waals surface area contributed by atoms with Crippen molar-refractivity contribution >= 4 is 5.71 Å². The highest BCUT2D eigenvalue weighted by atomic mass is 16.6. The van der Waals surface area contributed by atoms with Crippen LogP contribution in [-0.4, -0.2) is 12.8 Å². The van der Waals surface area contributed by atoms with E-state index in [4.69, 9.17) is 0 Å². The Morgan fingerprint density at radius 3 is 2.62 bits per heavy atom. The number of rotatable bonds is 3. The zero-order chi connectivity index (χ0) is 6.41. The van der Waals surface area contributed by atoms with Gasteiger partial charge in [-0.3, -0.25) is 0 Å². The smallest absolute Gasteiger partial charge is 0.106 e. The molecule has 2 heteroatoms. The number of hydrogen-bond acceptors (Lipinski definition) is 2. The highest BCUT2D eigenvalue weighted by Crippen LogP contribution is 1.90. The summed E-state index contributed by atoms with van der Waals surface area (Å²) in [6, 6.07) is 0. The topological polar surface area (TPSA) is 21.6 Å². The van der Waals surface area contributed by atoms with Gasteiger partial charge in [0, 0.05) is 0 Å². The molecule has 0 heterocycles. The molecule has 8 heavy (non-hydrogen) atoms. The van der Waals surface area contributed by atoms with E-state index < -0.39 is 0 Å². The van der Waals surface area contributed by atoms with Gasteiger partial charge >= 0.3 is 0 Å². The molecule has 0 radical (unpaired) electrons. The van der Waals surface area contributed by atoms with Gasteiger partial charge in [0.15, 0.2) is 0 Å². The number of oxime groups is 1. The predicted octanol–water partition coefficient (Wildman–Crippen LogP) is 1.81. The molecule has 0 rings (SSSR count). The second kappa shape index (κ2) is 4.62. The summed E-state index contributed by atoms with van der Waals surface area (Å²) >= 11 is 0. The fourth-order valence-electron chi connectivity index (χ4n) is 0.563. The average Bonchev–Trinajstić information content (AvgIpc) is 1.68. The van der Waals surface area contributed by atoms with Gasteiger partial charge < -0.3 is 4.84 Å². The van der Waals surface area contributed by atoms with Crippen LogP contribution < -0.4 is 0 Å². The number of hydrogen-bond donors (Lipinski definition) is 0. The zero-order valence-corrected chi connectivity index (χ0v) is 5.77. The summed E-state index contributed by atoms with van der Waals surface area (Å²) in [5.41, 5.74) is 1.06. The number of nitrogens with zero attached hydrogens (tertiary/aromatic N) is 1. The van der Waals surface area contributed by atoms with Crippen LogP contribution in [0.2, 0.25) is 0 Å². The maximum atomic E-state index is 4.54. The zero-order valence-electron chi connectivity index (χ0n) is 5.77. The summed E-state index contributed by atoms with van der Waals surface area (Å²) in [6.07, 6.45) is 2.17. The molecular weight excluding hydrogens is 102 g/mol. The normalized spacial score (nSPS) is 11.6. The van der Waals surface area contributed by atoms with Crippen molar-refractivity contribution in [3.8, 4) is 0 Å². The SMILES string of the molecule is CCC/C(C)=N/OC. The van der Waals surface area contributed by atoms with Gasteiger partial charge in [-0.15, -0.1) is 0 Å². The highest BCUT2D eigenvalue weighted by molar-refractivity contribution is 5.81. The van der Waals surface area contributed by atoms with Crippen molar-refractivity contribution in [3.05, 3.63) is 0 Å². The molecule has 0 saturated carbocycles. The summed E-state index contributed by atoms with van der Waals surface area (Å²) in [7, 11) is 1.57. The van der Waals surface area contributed by atoms with E-state index >= 15 is 0 Å². The minimum absolute atomic E-state index is 1.04. The molecule has 0 amide bonds. The van der Waals surface area contributed by atoms with E-state index in [2.05, 4.69) is 16.9 Å². The van der Waals surface area contributed by atoms with Crippen molar-refractivity contribution < 1.29 is 4.84 Å². The summed E-state index contributed by atoms with van der Waals surface area (Å²) in [4.78, 5) is 4.54. The largest absolute Gasteiger partial charge is 0.399 e. The first-order valence-corrected chi connectivity index (χ1v) is 2.88. The van der Waals surface area contributed by atoms with Gasteiger partial charge in [0.05, 0.1) is 5.71 Å². The molecule has 0 aromatic rings. The van der Waals surface area contributed by atoms with Gasteiger partial charge in [-0.25, -0.2) is 0 Å². The van der Waals surface area contributed by atoms with E-state index in [1.54, 1.807) is 7.11 Å². The Morgan fingerprint density at radius 1 is 1.62 bits per heavy atom. The highest BCUT2D eigenvalue weighted by Gasteiger charge is 1.85. The minimum atomic E-state index is 1.04. The van der Waals surface area contributed by atoms with Gasteiger partial charge in [-0.2, -0.15) is 0 Å². The first-order valence-electron chi connectivity index (χ1n) is 2.88. The van der Waals surface area contributed by atoms with Crippen LogP contribution in [0.3, 0.4) is 0 Å². The Kier molecular flexibility index (Phi) is 4.32. The fourth-order valence-corrected chi connectivity index (χ4v) is 0.563. The third-order valence-corrected chi connectivity index (χ3v) is 0.859. The van der Waals surface area contributed by atoms with E-state index in [-0.39, 0.29) is 0 Å². The van der Waals surface area contributed by atoms with Crippen molar-refractivity contribution in [2.24, 2.45) is 5.16 Å². The van der Waals surface area contributed by atoms with Crippen molar-refractivity contribution in [1.82, 2.24) is 0 Å². The fraction of sp³-hybridized carbons (Fsp3) is 0.833. The van der Waals surface area contributed by atoms with Gasteiger partial charge in [-0.1, -0.05) is 18.5 Å². The van der Waals surface area contributed by atoms with Crippen molar-refractivity contribution in [2.45, 2.75) is 26.7 Å². The third kappa shape index (κ3) is 3.65. The molecule has 0 fully saturated rings. The molecule has 0 atom stereocenters.